The second kappa shape index (κ2) is 6.79. The normalized spacial score (nSPS) is 11.2. The van der Waals surface area contributed by atoms with Gasteiger partial charge in [-0.15, -0.1) is 0 Å². The number of hydrogen-bond acceptors (Lipinski definition) is 5. The minimum atomic E-state index is 0.614. The van der Waals surface area contributed by atoms with E-state index in [1.54, 1.807) is 0 Å². The molecule has 2 N–H and O–H groups in total. The van der Waals surface area contributed by atoms with Crippen molar-refractivity contribution >= 4 is 15.9 Å². The average molecular weight is 325 g/mol. The summed E-state index contributed by atoms with van der Waals surface area (Å²) in [4.78, 5) is 6.51. The summed E-state index contributed by atoms with van der Waals surface area (Å²) in [6.45, 7) is 2.25. The molecule has 1 aromatic carbocycles. The lowest BCUT2D eigenvalue weighted by atomic mass is 10.2. The molecule has 1 heterocycles. The van der Waals surface area contributed by atoms with Crippen molar-refractivity contribution < 1.29 is 4.52 Å². The van der Waals surface area contributed by atoms with E-state index in [-0.39, 0.29) is 0 Å². The topological polar surface area (TPSA) is 68.2 Å². The maximum atomic E-state index is 5.48. The SMILES string of the molecule is CN(CCCN)Cc1nc(-c2cccc(Br)c2)no1. The van der Waals surface area contributed by atoms with Gasteiger partial charge in [0.15, 0.2) is 0 Å². The van der Waals surface area contributed by atoms with Crippen LogP contribution in [0.2, 0.25) is 0 Å². The zero-order valence-corrected chi connectivity index (χ0v) is 12.4. The Morgan fingerprint density at radius 3 is 3.00 bits per heavy atom. The summed E-state index contributed by atoms with van der Waals surface area (Å²) in [6, 6.07) is 7.83. The standard InChI is InChI=1S/C13H17BrN4O/c1-18(7-3-6-15)9-12-16-13(17-19-12)10-4-2-5-11(14)8-10/h2,4-5,8H,3,6-7,9,15H2,1H3. The van der Waals surface area contributed by atoms with Gasteiger partial charge in [-0.05, 0) is 38.7 Å². The second-order valence-electron chi connectivity index (χ2n) is 4.40. The van der Waals surface area contributed by atoms with Crippen LogP contribution in [0, 0.1) is 0 Å². The van der Waals surface area contributed by atoms with Gasteiger partial charge in [0.2, 0.25) is 11.7 Å². The number of rotatable bonds is 6. The molecule has 6 heteroatoms. The highest BCUT2D eigenvalue weighted by Gasteiger charge is 2.10. The third-order valence-electron chi connectivity index (χ3n) is 2.70. The number of hydrogen-bond donors (Lipinski definition) is 1. The van der Waals surface area contributed by atoms with Gasteiger partial charge in [-0.3, -0.25) is 4.90 Å². The van der Waals surface area contributed by atoms with E-state index in [0.29, 0.717) is 24.8 Å². The Hall–Kier alpha value is -1.24. The third-order valence-corrected chi connectivity index (χ3v) is 3.19. The van der Waals surface area contributed by atoms with Gasteiger partial charge in [-0.1, -0.05) is 33.2 Å². The van der Waals surface area contributed by atoms with Crippen LogP contribution >= 0.6 is 15.9 Å². The molecule has 2 aromatic rings. The smallest absolute Gasteiger partial charge is 0.241 e. The zero-order chi connectivity index (χ0) is 13.7. The Kier molecular flexibility index (Phi) is 5.07. The monoisotopic (exact) mass is 324 g/mol. The van der Waals surface area contributed by atoms with Crippen molar-refractivity contribution in [2.24, 2.45) is 5.73 Å². The van der Waals surface area contributed by atoms with E-state index in [0.717, 1.165) is 23.0 Å². The minimum absolute atomic E-state index is 0.614. The van der Waals surface area contributed by atoms with E-state index >= 15 is 0 Å². The molecule has 2 rings (SSSR count). The zero-order valence-electron chi connectivity index (χ0n) is 10.8. The number of benzene rings is 1. The van der Waals surface area contributed by atoms with Crippen LogP contribution in [0.15, 0.2) is 33.3 Å². The fourth-order valence-corrected chi connectivity index (χ4v) is 2.13. The summed E-state index contributed by atoms with van der Waals surface area (Å²) in [5, 5.41) is 4.00. The first kappa shape index (κ1) is 14.2. The van der Waals surface area contributed by atoms with Crippen molar-refractivity contribution in [1.82, 2.24) is 15.0 Å². The lowest BCUT2D eigenvalue weighted by Gasteiger charge is -2.12. The van der Waals surface area contributed by atoms with Crippen LogP contribution in [0.5, 0.6) is 0 Å². The van der Waals surface area contributed by atoms with Crippen LogP contribution in [0.25, 0.3) is 11.4 Å². The highest BCUT2D eigenvalue weighted by molar-refractivity contribution is 9.10. The Labute approximate surface area is 120 Å². The van der Waals surface area contributed by atoms with Gasteiger partial charge < -0.3 is 10.3 Å². The first-order valence-electron chi connectivity index (χ1n) is 6.16. The van der Waals surface area contributed by atoms with Gasteiger partial charge in [0.05, 0.1) is 6.54 Å². The fraction of sp³-hybridized carbons (Fsp3) is 0.385. The van der Waals surface area contributed by atoms with Gasteiger partial charge in [-0.2, -0.15) is 4.98 Å². The van der Waals surface area contributed by atoms with Crippen LogP contribution in [0.4, 0.5) is 0 Å². The number of halogens is 1. The molecule has 1 aromatic heterocycles. The maximum absolute atomic E-state index is 5.48. The Balaban J connectivity index is 2.03. The summed E-state index contributed by atoms with van der Waals surface area (Å²) >= 11 is 3.43. The van der Waals surface area contributed by atoms with Crippen LogP contribution in [0.1, 0.15) is 12.3 Å². The quantitative estimate of drug-likeness (QED) is 0.882. The number of nitrogens with zero attached hydrogens (tertiary/aromatic N) is 3. The second-order valence-corrected chi connectivity index (χ2v) is 5.32. The molecular formula is C13H17BrN4O. The molecule has 0 unspecified atom stereocenters. The van der Waals surface area contributed by atoms with Gasteiger partial charge in [0, 0.05) is 10.0 Å². The van der Waals surface area contributed by atoms with Gasteiger partial charge in [-0.25, -0.2) is 0 Å². The van der Waals surface area contributed by atoms with E-state index in [1.807, 2.05) is 31.3 Å². The molecule has 102 valence electrons. The minimum Gasteiger partial charge on any atom is -0.338 e. The predicted molar refractivity (Wildman–Crippen MR) is 77.4 cm³/mol. The number of nitrogens with two attached hydrogens (primary N) is 1. The molecular weight excluding hydrogens is 308 g/mol. The van der Waals surface area contributed by atoms with Gasteiger partial charge in [0.1, 0.15) is 0 Å². The molecule has 5 nitrogen and oxygen atoms in total. The largest absolute Gasteiger partial charge is 0.338 e. The first-order valence-corrected chi connectivity index (χ1v) is 6.95. The Bertz CT molecular complexity index is 529. The Morgan fingerprint density at radius 2 is 2.26 bits per heavy atom. The van der Waals surface area contributed by atoms with E-state index in [4.69, 9.17) is 10.3 Å². The third kappa shape index (κ3) is 4.12. The Morgan fingerprint density at radius 1 is 1.42 bits per heavy atom. The lowest BCUT2D eigenvalue weighted by Crippen LogP contribution is -2.21. The summed E-state index contributed by atoms with van der Waals surface area (Å²) in [5.74, 6) is 1.23. The molecule has 0 bridgehead atoms. The molecule has 0 fully saturated rings. The molecule has 0 amide bonds. The summed E-state index contributed by atoms with van der Waals surface area (Å²) in [5.41, 5.74) is 6.42. The first-order chi connectivity index (χ1) is 9.19. The maximum Gasteiger partial charge on any atom is 0.241 e. The predicted octanol–water partition coefficient (Wildman–Crippen LogP) is 2.28. The molecule has 0 aliphatic heterocycles. The van der Waals surface area contributed by atoms with E-state index < -0.39 is 0 Å². The van der Waals surface area contributed by atoms with E-state index in [1.165, 1.54) is 0 Å². The van der Waals surface area contributed by atoms with Crippen molar-refractivity contribution in [1.29, 1.82) is 0 Å². The molecule has 0 aliphatic rings. The molecule has 0 saturated carbocycles. The van der Waals surface area contributed by atoms with Crippen molar-refractivity contribution in [2.75, 3.05) is 20.1 Å². The molecule has 0 radical (unpaired) electrons. The van der Waals surface area contributed by atoms with Crippen LogP contribution < -0.4 is 5.73 Å². The van der Waals surface area contributed by atoms with Crippen molar-refractivity contribution in [3.8, 4) is 11.4 Å². The average Bonchev–Trinajstić information content (AvgIpc) is 2.85. The van der Waals surface area contributed by atoms with Crippen LogP contribution in [0.3, 0.4) is 0 Å². The number of aromatic nitrogens is 2. The summed E-state index contributed by atoms with van der Waals surface area (Å²) in [7, 11) is 2.01. The molecule has 0 saturated heterocycles. The molecule has 0 atom stereocenters. The van der Waals surface area contributed by atoms with E-state index in [2.05, 4.69) is 31.0 Å². The van der Waals surface area contributed by atoms with Gasteiger partial charge in [0.25, 0.3) is 0 Å². The summed E-state index contributed by atoms with van der Waals surface area (Å²) < 4.78 is 6.26. The van der Waals surface area contributed by atoms with Crippen LogP contribution in [-0.4, -0.2) is 35.2 Å². The lowest BCUT2D eigenvalue weighted by molar-refractivity contribution is 0.265. The highest BCUT2D eigenvalue weighted by Crippen LogP contribution is 2.20. The molecule has 19 heavy (non-hydrogen) atoms. The fourth-order valence-electron chi connectivity index (χ4n) is 1.74. The van der Waals surface area contributed by atoms with Crippen molar-refractivity contribution in [3.63, 3.8) is 0 Å². The van der Waals surface area contributed by atoms with Crippen molar-refractivity contribution in [3.05, 3.63) is 34.6 Å². The molecule has 0 spiro atoms. The highest BCUT2D eigenvalue weighted by atomic mass is 79.9. The van der Waals surface area contributed by atoms with Gasteiger partial charge >= 0.3 is 0 Å². The van der Waals surface area contributed by atoms with Crippen LogP contribution in [-0.2, 0) is 6.54 Å². The summed E-state index contributed by atoms with van der Waals surface area (Å²) in [6.07, 6.45) is 0.961. The van der Waals surface area contributed by atoms with E-state index in [9.17, 15) is 0 Å². The molecule has 0 aliphatic carbocycles. The van der Waals surface area contributed by atoms with Crippen molar-refractivity contribution in [2.45, 2.75) is 13.0 Å².